The number of aromatic nitrogens is 2. The van der Waals surface area contributed by atoms with E-state index in [-0.39, 0.29) is 11.9 Å². The quantitative estimate of drug-likeness (QED) is 0.672. The standard InChI is InChI=1S/C19H19N3O2S/c1-4-25-16-8-6-5-7-15(16)17(23)20-19-22-21-18(24-19)14-10-9-12(2)13(3)11-14/h5-11H,4H2,1-3H3,(H,20,22,23). The Morgan fingerprint density at radius 1 is 1.12 bits per heavy atom. The monoisotopic (exact) mass is 353 g/mol. The maximum Gasteiger partial charge on any atom is 0.322 e. The van der Waals surface area contributed by atoms with Gasteiger partial charge in [-0.1, -0.05) is 30.2 Å². The van der Waals surface area contributed by atoms with Crippen LogP contribution in [0.1, 0.15) is 28.4 Å². The highest BCUT2D eigenvalue weighted by Crippen LogP contribution is 2.25. The van der Waals surface area contributed by atoms with Crippen molar-refractivity contribution in [1.29, 1.82) is 0 Å². The molecular weight excluding hydrogens is 334 g/mol. The highest BCUT2D eigenvalue weighted by atomic mass is 32.2. The number of thioether (sulfide) groups is 1. The van der Waals surface area contributed by atoms with Crippen LogP contribution in [0, 0.1) is 13.8 Å². The molecule has 0 bridgehead atoms. The van der Waals surface area contributed by atoms with E-state index in [9.17, 15) is 4.79 Å². The number of benzene rings is 2. The Labute approximate surface area is 150 Å². The van der Waals surface area contributed by atoms with Gasteiger partial charge in [0.1, 0.15) is 0 Å². The molecule has 0 radical (unpaired) electrons. The summed E-state index contributed by atoms with van der Waals surface area (Å²) in [5, 5.41) is 10.6. The largest absolute Gasteiger partial charge is 0.403 e. The van der Waals surface area contributed by atoms with Crippen LogP contribution in [0.4, 0.5) is 6.01 Å². The van der Waals surface area contributed by atoms with Gasteiger partial charge in [0.05, 0.1) is 5.56 Å². The maximum atomic E-state index is 12.5. The molecule has 25 heavy (non-hydrogen) atoms. The maximum absolute atomic E-state index is 12.5. The molecule has 0 aliphatic rings. The number of hydrogen-bond donors (Lipinski definition) is 1. The molecular formula is C19H19N3O2S. The molecule has 1 heterocycles. The Morgan fingerprint density at radius 3 is 2.68 bits per heavy atom. The Morgan fingerprint density at radius 2 is 1.92 bits per heavy atom. The predicted octanol–water partition coefficient (Wildman–Crippen LogP) is 4.72. The van der Waals surface area contributed by atoms with Crippen molar-refractivity contribution in [3.05, 3.63) is 59.2 Å². The van der Waals surface area contributed by atoms with Crippen molar-refractivity contribution < 1.29 is 9.21 Å². The van der Waals surface area contributed by atoms with Crippen LogP contribution >= 0.6 is 11.8 Å². The lowest BCUT2D eigenvalue weighted by molar-refractivity contribution is 0.102. The first-order valence-electron chi connectivity index (χ1n) is 8.02. The highest BCUT2D eigenvalue weighted by molar-refractivity contribution is 7.99. The van der Waals surface area contributed by atoms with Crippen LogP contribution in [0.15, 0.2) is 51.8 Å². The SMILES string of the molecule is CCSc1ccccc1C(=O)Nc1nnc(-c2ccc(C)c(C)c2)o1. The summed E-state index contributed by atoms with van der Waals surface area (Å²) in [7, 11) is 0. The normalized spacial score (nSPS) is 10.7. The molecule has 3 aromatic rings. The van der Waals surface area contributed by atoms with E-state index in [1.807, 2.05) is 57.2 Å². The van der Waals surface area contributed by atoms with Crippen molar-refractivity contribution in [2.45, 2.75) is 25.7 Å². The van der Waals surface area contributed by atoms with E-state index < -0.39 is 0 Å². The number of aryl methyl sites for hydroxylation is 2. The number of hydrogen-bond acceptors (Lipinski definition) is 5. The summed E-state index contributed by atoms with van der Waals surface area (Å²) in [5.74, 6) is 1.02. The van der Waals surface area contributed by atoms with E-state index in [1.54, 1.807) is 17.8 Å². The first-order valence-corrected chi connectivity index (χ1v) is 9.01. The van der Waals surface area contributed by atoms with Crippen molar-refractivity contribution in [2.24, 2.45) is 0 Å². The molecule has 1 N–H and O–H groups in total. The van der Waals surface area contributed by atoms with Crippen LogP contribution in [-0.4, -0.2) is 21.9 Å². The topological polar surface area (TPSA) is 68.0 Å². The molecule has 0 unspecified atom stereocenters. The summed E-state index contributed by atoms with van der Waals surface area (Å²) in [5.41, 5.74) is 3.77. The van der Waals surface area contributed by atoms with Gasteiger partial charge in [0.25, 0.3) is 5.91 Å². The predicted molar refractivity (Wildman–Crippen MR) is 100 cm³/mol. The smallest absolute Gasteiger partial charge is 0.322 e. The minimum Gasteiger partial charge on any atom is -0.403 e. The van der Waals surface area contributed by atoms with Gasteiger partial charge >= 0.3 is 6.01 Å². The second kappa shape index (κ2) is 7.53. The summed E-state index contributed by atoms with van der Waals surface area (Å²) in [4.78, 5) is 13.4. The molecule has 5 nitrogen and oxygen atoms in total. The van der Waals surface area contributed by atoms with Crippen molar-refractivity contribution in [3.63, 3.8) is 0 Å². The second-order valence-corrected chi connectivity index (χ2v) is 6.90. The average molecular weight is 353 g/mol. The molecule has 1 amide bonds. The molecule has 0 atom stereocenters. The van der Waals surface area contributed by atoms with Crippen LogP contribution in [-0.2, 0) is 0 Å². The minimum absolute atomic E-state index is 0.0922. The molecule has 0 aliphatic heterocycles. The summed E-state index contributed by atoms with van der Waals surface area (Å²) in [6.45, 7) is 6.12. The molecule has 6 heteroatoms. The molecule has 0 fully saturated rings. The summed E-state index contributed by atoms with van der Waals surface area (Å²) < 4.78 is 5.60. The van der Waals surface area contributed by atoms with Gasteiger partial charge in [-0.3, -0.25) is 10.1 Å². The van der Waals surface area contributed by atoms with E-state index in [0.717, 1.165) is 21.8 Å². The molecule has 0 saturated heterocycles. The molecule has 0 aliphatic carbocycles. The summed E-state index contributed by atoms with van der Waals surface area (Å²) >= 11 is 1.62. The number of nitrogens with zero attached hydrogens (tertiary/aromatic N) is 2. The molecule has 1 aromatic heterocycles. The Bertz CT molecular complexity index is 905. The van der Waals surface area contributed by atoms with E-state index >= 15 is 0 Å². The van der Waals surface area contributed by atoms with Crippen molar-refractivity contribution in [2.75, 3.05) is 11.1 Å². The van der Waals surface area contributed by atoms with Crippen LogP contribution in [0.2, 0.25) is 0 Å². The van der Waals surface area contributed by atoms with Gasteiger partial charge < -0.3 is 4.42 Å². The molecule has 2 aromatic carbocycles. The lowest BCUT2D eigenvalue weighted by Crippen LogP contribution is -2.13. The number of anilines is 1. The Kier molecular flexibility index (Phi) is 5.19. The lowest BCUT2D eigenvalue weighted by atomic mass is 10.1. The molecule has 3 rings (SSSR count). The summed E-state index contributed by atoms with van der Waals surface area (Å²) in [6, 6.07) is 13.5. The van der Waals surface area contributed by atoms with Gasteiger partial charge in [-0.25, -0.2) is 0 Å². The van der Waals surface area contributed by atoms with Crippen LogP contribution in [0.25, 0.3) is 11.5 Å². The molecule has 128 valence electrons. The van der Waals surface area contributed by atoms with Crippen LogP contribution in [0.3, 0.4) is 0 Å². The Hall–Kier alpha value is -2.60. The number of amides is 1. The zero-order valence-electron chi connectivity index (χ0n) is 14.4. The third-order valence-corrected chi connectivity index (χ3v) is 4.79. The zero-order valence-corrected chi connectivity index (χ0v) is 15.2. The fraction of sp³-hybridized carbons (Fsp3) is 0.211. The van der Waals surface area contributed by atoms with Crippen LogP contribution < -0.4 is 5.32 Å². The average Bonchev–Trinajstić information content (AvgIpc) is 3.06. The first-order chi connectivity index (χ1) is 12.1. The van der Waals surface area contributed by atoms with Crippen molar-refractivity contribution >= 4 is 23.7 Å². The third-order valence-electron chi connectivity index (χ3n) is 3.83. The fourth-order valence-electron chi connectivity index (χ4n) is 2.36. The Balaban J connectivity index is 1.79. The number of carbonyl (C=O) groups excluding carboxylic acids is 1. The second-order valence-electron chi connectivity index (χ2n) is 5.59. The summed E-state index contributed by atoms with van der Waals surface area (Å²) in [6.07, 6.45) is 0. The molecule has 0 saturated carbocycles. The van der Waals surface area contributed by atoms with Crippen molar-refractivity contribution in [3.8, 4) is 11.5 Å². The van der Waals surface area contributed by atoms with Gasteiger partial charge in [-0.05, 0) is 55.0 Å². The number of carbonyl (C=O) groups is 1. The number of rotatable bonds is 5. The fourth-order valence-corrected chi connectivity index (χ4v) is 3.17. The van der Waals surface area contributed by atoms with E-state index in [1.165, 1.54) is 5.56 Å². The first kappa shape index (κ1) is 17.2. The molecule has 0 spiro atoms. The minimum atomic E-state index is -0.258. The van der Waals surface area contributed by atoms with Gasteiger partial charge in [0.2, 0.25) is 5.89 Å². The third kappa shape index (κ3) is 3.91. The van der Waals surface area contributed by atoms with E-state index in [4.69, 9.17) is 4.42 Å². The van der Waals surface area contributed by atoms with Gasteiger partial charge in [0.15, 0.2) is 0 Å². The zero-order chi connectivity index (χ0) is 17.8. The van der Waals surface area contributed by atoms with Gasteiger partial charge in [0, 0.05) is 10.5 Å². The number of nitrogens with one attached hydrogen (secondary N) is 1. The van der Waals surface area contributed by atoms with Crippen LogP contribution in [0.5, 0.6) is 0 Å². The lowest BCUT2D eigenvalue weighted by Gasteiger charge is -2.06. The highest BCUT2D eigenvalue weighted by Gasteiger charge is 2.15. The van der Waals surface area contributed by atoms with Gasteiger partial charge in [-0.2, -0.15) is 0 Å². The van der Waals surface area contributed by atoms with E-state index in [2.05, 4.69) is 15.5 Å². The van der Waals surface area contributed by atoms with E-state index in [0.29, 0.717) is 11.5 Å². The van der Waals surface area contributed by atoms with Gasteiger partial charge in [-0.15, -0.1) is 16.9 Å². The van der Waals surface area contributed by atoms with Crippen molar-refractivity contribution in [1.82, 2.24) is 10.2 Å².